The Morgan fingerprint density at radius 1 is 1.27 bits per heavy atom. The van der Waals surface area contributed by atoms with Crippen molar-refractivity contribution in [2.24, 2.45) is 11.7 Å². The van der Waals surface area contributed by atoms with E-state index in [2.05, 4.69) is 0 Å². The van der Waals surface area contributed by atoms with Gasteiger partial charge in [0.25, 0.3) is 0 Å². The van der Waals surface area contributed by atoms with E-state index >= 15 is 0 Å². The molecule has 90 valence electrons. The zero-order valence-corrected chi connectivity index (χ0v) is 11.1. The van der Waals surface area contributed by atoms with Crippen molar-refractivity contribution >= 4 is 10.0 Å². The summed E-state index contributed by atoms with van der Waals surface area (Å²) in [4.78, 5) is 0. The first-order valence-electron chi connectivity index (χ1n) is 5.29. The molecule has 15 heavy (non-hydrogen) atoms. The van der Waals surface area contributed by atoms with Gasteiger partial charge < -0.3 is 5.73 Å². The normalized spacial score (nSPS) is 22.9. The number of rotatable bonds is 2. The van der Waals surface area contributed by atoms with Crippen LogP contribution in [0.2, 0.25) is 0 Å². The Labute approximate surface area is 92.9 Å². The van der Waals surface area contributed by atoms with Crippen molar-refractivity contribution < 1.29 is 8.42 Å². The Morgan fingerprint density at radius 2 is 1.67 bits per heavy atom. The van der Waals surface area contributed by atoms with E-state index in [0.29, 0.717) is 19.0 Å². The average molecular weight is 234 g/mol. The van der Waals surface area contributed by atoms with Crippen molar-refractivity contribution in [3.63, 3.8) is 0 Å². The van der Waals surface area contributed by atoms with Crippen LogP contribution in [0, 0.1) is 5.92 Å². The molecule has 0 saturated carbocycles. The Balaban J connectivity index is 2.76. The molecule has 2 N–H and O–H groups in total. The highest BCUT2D eigenvalue weighted by Crippen LogP contribution is 2.32. The maximum Gasteiger partial charge on any atom is 0.219 e. The van der Waals surface area contributed by atoms with Crippen LogP contribution in [0.25, 0.3) is 0 Å². The Bertz CT molecular complexity index is 335. The van der Waals surface area contributed by atoms with E-state index in [9.17, 15) is 8.42 Å². The van der Waals surface area contributed by atoms with E-state index in [1.54, 1.807) is 20.8 Å². The van der Waals surface area contributed by atoms with Crippen molar-refractivity contribution in [2.45, 2.75) is 44.9 Å². The fourth-order valence-electron chi connectivity index (χ4n) is 1.53. The van der Waals surface area contributed by atoms with Gasteiger partial charge in [0.1, 0.15) is 0 Å². The minimum atomic E-state index is -3.19. The van der Waals surface area contributed by atoms with Crippen LogP contribution in [0.1, 0.15) is 34.6 Å². The van der Waals surface area contributed by atoms with E-state index in [4.69, 9.17) is 5.73 Å². The Kier molecular flexibility index (Phi) is 2.96. The lowest BCUT2D eigenvalue weighted by atomic mass is 9.82. The van der Waals surface area contributed by atoms with Crippen LogP contribution in [-0.4, -0.2) is 36.1 Å². The third-order valence-corrected chi connectivity index (χ3v) is 5.69. The second kappa shape index (κ2) is 3.43. The smallest absolute Gasteiger partial charge is 0.219 e. The Hall–Kier alpha value is -0.130. The first-order chi connectivity index (χ1) is 6.51. The predicted octanol–water partition coefficient (Wildman–Crippen LogP) is 0.784. The van der Waals surface area contributed by atoms with Gasteiger partial charge in [-0.25, -0.2) is 8.42 Å². The number of nitrogens with two attached hydrogens (primary N) is 1. The third kappa shape index (κ3) is 2.05. The molecule has 1 heterocycles. The molecule has 0 aromatic heterocycles. The SMILES string of the molecule is CC(C)C1(N)CN(S(=O)(=O)C(C)(C)C)C1. The first-order valence-corrected chi connectivity index (χ1v) is 6.73. The van der Waals surface area contributed by atoms with Gasteiger partial charge in [-0.05, 0) is 26.7 Å². The van der Waals surface area contributed by atoms with Crippen molar-refractivity contribution in [3.05, 3.63) is 0 Å². The van der Waals surface area contributed by atoms with Crippen molar-refractivity contribution in [3.8, 4) is 0 Å². The minimum Gasteiger partial charge on any atom is -0.323 e. The first kappa shape index (κ1) is 12.9. The second-order valence-corrected chi connectivity index (χ2v) is 8.46. The highest BCUT2D eigenvalue weighted by molar-refractivity contribution is 7.90. The largest absolute Gasteiger partial charge is 0.323 e. The summed E-state index contributed by atoms with van der Waals surface area (Å²) in [5.41, 5.74) is 5.73. The fourth-order valence-corrected chi connectivity index (χ4v) is 3.13. The molecule has 1 fully saturated rings. The van der Waals surface area contributed by atoms with Gasteiger partial charge in [-0.3, -0.25) is 0 Å². The van der Waals surface area contributed by atoms with Crippen LogP contribution in [-0.2, 0) is 10.0 Å². The van der Waals surface area contributed by atoms with Gasteiger partial charge in [0.15, 0.2) is 0 Å². The van der Waals surface area contributed by atoms with E-state index in [1.165, 1.54) is 4.31 Å². The van der Waals surface area contributed by atoms with Crippen LogP contribution in [0.5, 0.6) is 0 Å². The summed E-state index contributed by atoms with van der Waals surface area (Å²) in [6, 6.07) is 0. The summed E-state index contributed by atoms with van der Waals surface area (Å²) in [7, 11) is -3.19. The van der Waals surface area contributed by atoms with Gasteiger partial charge in [0.2, 0.25) is 10.0 Å². The molecule has 5 heteroatoms. The molecule has 0 aliphatic carbocycles. The summed E-state index contributed by atoms with van der Waals surface area (Å²) >= 11 is 0. The van der Waals surface area contributed by atoms with Gasteiger partial charge in [-0.15, -0.1) is 0 Å². The maximum absolute atomic E-state index is 12.0. The number of hydrogen-bond donors (Lipinski definition) is 1. The minimum absolute atomic E-state index is 0.309. The van der Waals surface area contributed by atoms with Gasteiger partial charge in [0.05, 0.1) is 4.75 Å². The molecule has 1 saturated heterocycles. The standard InChI is InChI=1S/C10H22N2O2S/c1-8(2)10(11)6-12(7-10)15(13,14)9(3,4)5/h8H,6-7,11H2,1-5H3. The molecule has 1 rings (SSSR count). The van der Waals surface area contributed by atoms with Crippen LogP contribution in [0.3, 0.4) is 0 Å². The third-order valence-electron chi connectivity index (χ3n) is 3.21. The molecule has 0 aromatic rings. The summed E-state index contributed by atoms with van der Waals surface area (Å²) in [6.45, 7) is 10.1. The van der Waals surface area contributed by atoms with Crippen LogP contribution in [0.15, 0.2) is 0 Å². The van der Waals surface area contributed by atoms with Crippen LogP contribution < -0.4 is 5.73 Å². The van der Waals surface area contributed by atoms with Gasteiger partial charge in [-0.2, -0.15) is 4.31 Å². The zero-order chi connectivity index (χ0) is 12.1. The summed E-state index contributed by atoms with van der Waals surface area (Å²) in [5, 5.41) is 0. The molecule has 0 atom stereocenters. The van der Waals surface area contributed by atoms with Gasteiger partial charge in [0, 0.05) is 18.6 Å². The van der Waals surface area contributed by atoms with Gasteiger partial charge >= 0.3 is 0 Å². The monoisotopic (exact) mass is 234 g/mol. The molecule has 0 amide bonds. The summed E-state index contributed by atoms with van der Waals surface area (Å²) in [6.07, 6.45) is 0. The van der Waals surface area contributed by atoms with Crippen LogP contribution >= 0.6 is 0 Å². The molecule has 0 radical (unpaired) electrons. The predicted molar refractivity (Wildman–Crippen MR) is 62.0 cm³/mol. The lowest BCUT2D eigenvalue weighted by Gasteiger charge is -2.50. The Morgan fingerprint density at radius 3 is 1.93 bits per heavy atom. The number of sulfonamides is 1. The maximum atomic E-state index is 12.0. The topological polar surface area (TPSA) is 63.4 Å². The number of hydrogen-bond acceptors (Lipinski definition) is 3. The lowest BCUT2D eigenvalue weighted by molar-refractivity contribution is 0.108. The molecule has 0 spiro atoms. The fraction of sp³-hybridized carbons (Fsp3) is 1.00. The van der Waals surface area contributed by atoms with Crippen LogP contribution in [0.4, 0.5) is 0 Å². The zero-order valence-electron chi connectivity index (χ0n) is 10.2. The van der Waals surface area contributed by atoms with E-state index < -0.39 is 14.8 Å². The van der Waals surface area contributed by atoms with E-state index in [1.807, 2.05) is 13.8 Å². The molecular weight excluding hydrogens is 212 g/mol. The highest BCUT2D eigenvalue weighted by Gasteiger charge is 2.50. The van der Waals surface area contributed by atoms with E-state index in [-0.39, 0.29) is 5.54 Å². The van der Waals surface area contributed by atoms with Crippen molar-refractivity contribution in [1.82, 2.24) is 4.31 Å². The average Bonchev–Trinajstić information content (AvgIpc) is 1.95. The highest BCUT2D eigenvalue weighted by atomic mass is 32.2. The van der Waals surface area contributed by atoms with Crippen molar-refractivity contribution in [1.29, 1.82) is 0 Å². The lowest BCUT2D eigenvalue weighted by Crippen LogP contribution is -2.72. The molecule has 0 bridgehead atoms. The molecule has 1 aliphatic rings. The molecule has 0 unspecified atom stereocenters. The van der Waals surface area contributed by atoms with Gasteiger partial charge in [-0.1, -0.05) is 13.8 Å². The quantitative estimate of drug-likeness (QED) is 0.768. The molecule has 0 aromatic carbocycles. The summed E-state index contributed by atoms with van der Waals surface area (Å²) in [5.74, 6) is 0.309. The molecule has 4 nitrogen and oxygen atoms in total. The van der Waals surface area contributed by atoms with Crippen molar-refractivity contribution in [2.75, 3.05) is 13.1 Å². The number of nitrogens with zero attached hydrogens (tertiary/aromatic N) is 1. The second-order valence-electron chi connectivity index (χ2n) is 5.77. The molecular formula is C10H22N2O2S. The molecule has 1 aliphatic heterocycles. The van der Waals surface area contributed by atoms with E-state index in [0.717, 1.165) is 0 Å². The summed E-state index contributed by atoms with van der Waals surface area (Å²) < 4.78 is 24.8.